The van der Waals surface area contributed by atoms with E-state index in [2.05, 4.69) is 19.1 Å². The summed E-state index contributed by atoms with van der Waals surface area (Å²) in [6, 6.07) is 8.17. The molecule has 0 spiro atoms. The first-order valence-electron chi connectivity index (χ1n) is 9.10. The largest absolute Gasteiger partial charge is 0.367 e. The van der Waals surface area contributed by atoms with E-state index in [1.807, 2.05) is 32.9 Å². The van der Waals surface area contributed by atoms with Crippen molar-refractivity contribution in [2.45, 2.75) is 84.0 Å². The lowest BCUT2D eigenvalue weighted by Gasteiger charge is -2.25. The first kappa shape index (κ1) is 18.5. The summed E-state index contributed by atoms with van der Waals surface area (Å²) in [5.41, 5.74) is 2.27. The molecule has 0 radical (unpaired) electrons. The van der Waals surface area contributed by atoms with Crippen molar-refractivity contribution in [3.63, 3.8) is 0 Å². The van der Waals surface area contributed by atoms with E-state index in [0.717, 1.165) is 18.4 Å². The van der Waals surface area contributed by atoms with Crippen molar-refractivity contribution < 1.29 is 23.7 Å². The van der Waals surface area contributed by atoms with Crippen molar-refractivity contribution in [2.24, 2.45) is 0 Å². The van der Waals surface area contributed by atoms with Crippen molar-refractivity contribution in [1.29, 1.82) is 0 Å². The van der Waals surface area contributed by atoms with Crippen LogP contribution in [-0.2, 0) is 30.3 Å². The third kappa shape index (κ3) is 4.29. The quantitative estimate of drug-likeness (QED) is 0.755. The molecule has 2 heterocycles. The van der Waals surface area contributed by atoms with Crippen molar-refractivity contribution >= 4 is 5.78 Å². The van der Waals surface area contributed by atoms with E-state index in [1.54, 1.807) is 0 Å². The SMILES string of the molecule is CCCCC(=O)[C@H]1O[C@@H]2OC(C)(C)O[C@@H]2[C@H]1OCc1ccc(C)cc1. The summed E-state index contributed by atoms with van der Waals surface area (Å²) in [5, 5.41) is 0. The van der Waals surface area contributed by atoms with Gasteiger partial charge in [-0.3, -0.25) is 4.79 Å². The van der Waals surface area contributed by atoms with Gasteiger partial charge in [-0.2, -0.15) is 0 Å². The highest BCUT2D eigenvalue weighted by molar-refractivity contribution is 5.84. The van der Waals surface area contributed by atoms with Crippen LogP contribution < -0.4 is 0 Å². The summed E-state index contributed by atoms with van der Waals surface area (Å²) in [6.45, 7) is 8.23. The molecule has 5 nitrogen and oxygen atoms in total. The highest BCUT2D eigenvalue weighted by Gasteiger charge is 2.57. The van der Waals surface area contributed by atoms with Crippen molar-refractivity contribution in [3.05, 3.63) is 35.4 Å². The highest BCUT2D eigenvalue weighted by atomic mass is 16.8. The minimum absolute atomic E-state index is 0.0650. The molecule has 4 atom stereocenters. The Balaban J connectivity index is 1.70. The van der Waals surface area contributed by atoms with E-state index in [4.69, 9.17) is 18.9 Å². The van der Waals surface area contributed by atoms with Gasteiger partial charge in [0.1, 0.15) is 18.3 Å². The molecular formula is C20H28O5. The Hall–Kier alpha value is -1.27. The number of unbranched alkanes of at least 4 members (excludes halogenated alkanes) is 1. The number of Topliss-reactive ketones (excluding diaryl/α,β-unsaturated/α-hetero) is 1. The van der Waals surface area contributed by atoms with Crippen LogP contribution in [0.3, 0.4) is 0 Å². The van der Waals surface area contributed by atoms with E-state index in [-0.39, 0.29) is 11.9 Å². The van der Waals surface area contributed by atoms with Gasteiger partial charge in [-0.25, -0.2) is 0 Å². The molecule has 1 aromatic carbocycles. The number of hydrogen-bond acceptors (Lipinski definition) is 5. The average molecular weight is 348 g/mol. The van der Waals surface area contributed by atoms with Gasteiger partial charge in [0.15, 0.2) is 17.9 Å². The van der Waals surface area contributed by atoms with Gasteiger partial charge in [0, 0.05) is 6.42 Å². The summed E-state index contributed by atoms with van der Waals surface area (Å²) in [6.07, 6.45) is 0.325. The smallest absolute Gasteiger partial charge is 0.190 e. The number of benzene rings is 1. The first-order chi connectivity index (χ1) is 11.9. The Morgan fingerprint density at radius 2 is 1.92 bits per heavy atom. The summed E-state index contributed by atoms with van der Waals surface area (Å²) in [4.78, 5) is 12.5. The van der Waals surface area contributed by atoms with Crippen molar-refractivity contribution in [3.8, 4) is 0 Å². The molecule has 0 amide bonds. The number of aryl methyl sites for hydroxylation is 1. The van der Waals surface area contributed by atoms with E-state index in [0.29, 0.717) is 13.0 Å². The fraction of sp³-hybridized carbons (Fsp3) is 0.650. The number of ketones is 1. The molecular weight excluding hydrogens is 320 g/mol. The van der Waals surface area contributed by atoms with Gasteiger partial charge in [-0.15, -0.1) is 0 Å². The number of hydrogen-bond donors (Lipinski definition) is 0. The van der Waals surface area contributed by atoms with Crippen LogP contribution in [0.15, 0.2) is 24.3 Å². The predicted octanol–water partition coefficient (Wildman–Crippen LogP) is 3.52. The van der Waals surface area contributed by atoms with Gasteiger partial charge >= 0.3 is 0 Å². The molecule has 2 aliphatic rings. The van der Waals surface area contributed by atoms with E-state index < -0.39 is 24.3 Å². The minimum atomic E-state index is -0.724. The molecule has 5 heteroatoms. The summed E-state index contributed by atoms with van der Waals surface area (Å²) in [7, 11) is 0. The van der Waals surface area contributed by atoms with Crippen LogP contribution in [0.2, 0.25) is 0 Å². The molecule has 2 aliphatic heterocycles. The zero-order chi connectivity index (χ0) is 18.0. The summed E-state index contributed by atoms with van der Waals surface area (Å²) in [5.74, 6) is -0.659. The van der Waals surface area contributed by atoms with Crippen molar-refractivity contribution in [2.75, 3.05) is 0 Å². The second kappa shape index (κ2) is 7.54. The molecule has 3 rings (SSSR count). The maximum atomic E-state index is 12.5. The van der Waals surface area contributed by atoms with Crippen LogP contribution in [-0.4, -0.2) is 36.2 Å². The number of rotatable bonds is 7. The molecule has 0 bridgehead atoms. The Kier molecular flexibility index (Phi) is 5.58. The molecule has 0 N–H and O–H groups in total. The fourth-order valence-corrected chi connectivity index (χ4v) is 3.29. The number of carbonyl (C=O) groups is 1. The maximum absolute atomic E-state index is 12.5. The van der Waals surface area contributed by atoms with E-state index in [9.17, 15) is 4.79 Å². The zero-order valence-electron chi connectivity index (χ0n) is 15.5. The van der Waals surface area contributed by atoms with Gasteiger partial charge in [0.25, 0.3) is 0 Å². The number of ether oxygens (including phenoxy) is 4. The lowest BCUT2D eigenvalue weighted by atomic mass is 10.0. The molecule has 0 aromatic heterocycles. The third-order valence-corrected chi connectivity index (χ3v) is 4.65. The van der Waals surface area contributed by atoms with E-state index >= 15 is 0 Å². The van der Waals surface area contributed by atoms with Crippen LogP contribution in [0.5, 0.6) is 0 Å². The Bertz CT molecular complexity index is 595. The Morgan fingerprint density at radius 3 is 2.60 bits per heavy atom. The lowest BCUT2D eigenvalue weighted by Crippen LogP contribution is -2.40. The first-order valence-corrected chi connectivity index (χ1v) is 9.10. The molecule has 0 saturated carbocycles. The summed E-state index contributed by atoms with van der Waals surface area (Å²) < 4.78 is 23.7. The third-order valence-electron chi connectivity index (χ3n) is 4.65. The molecule has 0 unspecified atom stereocenters. The minimum Gasteiger partial charge on any atom is -0.367 e. The fourth-order valence-electron chi connectivity index (χ4n) is 3.29. The topological polar surface area (TPSA) is 54.0 Å². The lowest BCUT2D eigenvalue weighted by molar-refractivity contribution is -0.218. The monoisotopic (exact) mass is 348 g/mol. The second-order valence-corrected chi connectivity index (χ2v) is 7.36. The highest BCUT2D eigenvalue weighted by Crippen LogP contribution is 2.39. The van der Waals surface area contributed by atoms with Gasteiger partial charge < -0.3 is 18.9 Å². The second-order valence-electron chi connectivity index (χ2n) is 7.36. The van der Waals surface area contributed by atoms with Crippen LogP contribution in [0.4, 0.5) is 0 Å². The normalized spacial score (nSPS) is 30.4. The van der Waals surface area contributed by atoms with Gasteiger partial charge in [-0.1, -0.05) is 43.2 Å². The average Bonchev–Trinajstić information content (AvgIpc) is 3.04. The van der Waals surface area contributed by atoms with Gasteiger partial charge in [0.2, 0.25) is 0 Å². The van der Waals surface area contributed by atoms with E-state index in [1.165, 1.54) is 5.56 Å². The van der Waals surface area contributed by atoms with Crippen LogP contribution in [0, 0.1) is 6.92 Å². The standard InChI is InChI=1S/C20H28O5/c1-5-6-7-15(21)16-17(18-19(23-16)25-20(3,4)24-18)22-12-14-10-8-13(2)9-11-14/h8-11,16-19H,5-7,12H2,1-4H3/t16-,17+,18-,19-/m1/s1. The van der Waals surface area contributed by atoms with Gasteiger partial charge in [0.05, 0.1) is 6.61 Å². The number of fused-ring (bicyclic) bond motifs is 1. The van der Waals surface area contributed by atoms with Crippen LogP contribution in [0.25, 0.3) is 0 Å². The predicted molar refractivity (Wildman–Crippen MR) is 93.0 cm³/mol. The van der Waals surface area contributed by atoms with Crippen LogP contribution in [0.1, 0.15) is 51.2 Å². The molecule has 2 saturated heterocycles. The molecule has 138 valence electrons. The molecule has 25 heavy (non-hydrogen) atoms. The zero-order valence-corrected chi connectivity index (χ0v) is 15.5. The molecule has 2 fully saturated rings. The maximum Gasteiger partial charge on any atom is 0.190 e. The summed E-state index contributed by atoms with van der Waals surface area (Å²) >= 11 is 0. The van der Waals surface area contributed by atoms with Gasteiger partial charge in [-0.05, 0) is 32.8 Å². The number of carbonyl (C=O) groups excluding carboxylic acids is 1. The molecule has 1 aromatic rings. The van der Waals surface area contributed by atoms with Crippen LogP contribution >= 0.6 is 0 Å². The Labute approximate surface area is 149 Å². The van der Waals surface area contributed by atoms with Crippen molar-refractivity contribution in [1.82, 2.24) is 0 Å². The Morgan fingerprint density at radius 1 is 1.20 bits per heavy atom. The molecule has 0 aliphatic carbocycles.